The van der Waals surface area contributed by atoms with E-state index in [1.165, 1.54) is 11.3 Å². The molecule has 0 saturated heterocycles. The fraction of sp³-hybridized carbons (Fsp3) is 0.429. The first-order valence-electron chi connectivity index (χ1n) is 5.63. The molecule has 0 bridgehead atoms. The van der Waals surface area contributed by atoms with E-state index in [1.807, 2.05) is 14.1 Å². The van der Waals surface area contributed by atoms with Gasteiger partial charge in [0.25, 0.3) is 0 Å². The van der Waals surface area contributed by atoms with E-state index in [4.69, 9.17) is 6.42 Å². The molecule has 1 aromatic carbocycles. The molecule has 1 rings (SSSR count). The van der Waals surface area contributed by atoms with E-state index in [1.54, 1.807) is 0 Å². The van der Waals surface area contributed by atoms with Crippen molar-refractivity contribution in [3.05, 3.63) is 29.8 Å². The summed E-state index contributed by atoms with van der Waals surface area (Å²) in [4.78, 5) is 2.10. The number of benzene rings is 1. The van der Waals surface area contributed by atoms with Gasteiger partial charge in [-0.3, -0.25) is 0 Å². The van der Waals surface area contributed by atoms with Gasteiger partial charge in [0.05, 0.1) is 0 Å². The Hall–Kier alpha value is -1.46. The van der Waals surface area contributed by atoms with Crippen LogP contribution in [0.1, 0.15) is 24.9 Å². The van der Waals surface area contributed by atoms with Crippen LogP contribution in [0.3, 0.4) is 0 Å². The normalized spacial score (nSPS) is 11.9. The predicted octanol–water partition coefficient (Wildman–Crippen LogP) is 2.43. The Morgan fingerprint density at radius 1 is 1.44 bits per heavy atom. The van der Waals surface area contributed by atoms with Crippen LogP contribution >= 0.6 is 0 Å². The minimum absolute atomic E-state index is 0.259. The molecular formula is C14H20N2. The van der Waals surface area contributed by atoms with Crippen molar-refractivity contribution in [3.8, 4) is 12.3 Å². The molecule has 0 aliphatic rings. The quantitative estimate of drug-likeness (QED) is 0.760. The van der Waals surface area contributed by atoms with Crippen molar-refractivity contribution in [2.24, 2.45) is 0 Å². The number of nitrogens with zero attached hydrogens (tertiary/aromatic N) is 1. The third-order valence-electron chi connectivity index (χ3n) is 2.56. The number of anilines is 1. The molecule has 0 aliphatic heterocycles. The van der Waals surface area contributed by atoms with E-state index in [2.05, 4.69) is 47.3 Å². The number of rotatable bonds is 5. The molecule has 86 valence electrons. The predicted molar refractivity (Wildman–Crippen MR) is 70.6 cm³/mol. The minimum atomic E-state index is 0.259. The molecule has 0 amide bonds. The lowest BCUT2D eigenvalue weighted by Crippen LogP contribution is -2.20. The van der Waals surface area contributed by atoms with E-state index in [-0.39, 0.29) is 6.04 Å². The van der Waals surface area contributed by atoms with Crippen molar-refractivity contribution >= 4 is 5.69 Å². The van der Waals surface area contributed by atoms with Crippen molar-refractivity contribution in [3.63, 3.8) is 0 Å². The van der Waals surface area contributed by atoms with Gasteiger partial charge in [-0.05, 0) is 24.2 Å². The lowest BCUT2D eigenvalue weighted by molar-refractivity contribution is 0.565. The number of hydrogen-bond acceptors (Lipinski definition) is 2. The molecule has 2 nitrogen and oxygen atoms in total. The number of hydrogen-bond donors (Lipinski definition) is 1. The Bertz CT molecular complexity index is 363. The topological polar surface area (TPSA) is 15.3 Å². The maximum absolute atomic E-state index is 5.39. The maximum Gasteiger partial charge on any atom is 0.0431 e. The summed E-state index contributed by atoms with van der Waals surface area (Å²) in [6.45, 7) is 3.03. The van der Waals surface area contributed by atoms with Crippen LogP contribution in [0.4, 0.5) is 5.69 Å². The maximum atomic E-state index is 5.39. The molecule has 1 unspecified atom stereocenters. The molecule has 0 aromatic heterocycles. The van der Waals surface area contributed by atoms with Gasteiger partial charge >= 0.3 is 0 Å². The van der Waals surface area contributed by atoms with E-state index in [0.29, 0.717) is 0 Å². The molecule has 0 heterocycles. The second-order valence-corrected chi connectivity index (χ2v) is 4.01. The Kier molecular flexibility index (Phi) is 4.88. The third-order valence-corrected chi connectivity index (χ3v) is 2.56. The summed E-state index contributed by atoms with van der Waals surface area (Å²) in [5.41, 5.74) is 2.46. The monoisotopic (exact) mass is 216 g/mol. The lowest BCUT2D eigenvalue weighted by Gasteiger charge is -2.19. The summed E-state index contributed by atoms with van der Waals surface area (Å²) < 4.78 is 0. The van der Waals surface area contributed by atoms with Crippen LogP contribution in [-0.2, 0) is 0 Å². The van der Waals surface area contributed by atoms with Crippen LogP contribution in [-0.4, -0.2) is 20.6 Å². The van der Waals surface area contributed by atoms with E-state index in [9.17, 15) is 0 Å². The Morgan fingerprint density at radius 2 is 2.19 bits per heavy atom. The van der Waals surface area contributed by atoms with Crippen molar-refractivity contribution in [1.82, 2.24) is 5.32 Å². The standard InChI is InChI=1S/C14H20N2/c1-5-8-14(15-6-2)12-9-7-10-13(11-12)16(3)4/h1,7,9-11,14-15H,6,8H2,2-4H3. The smallest absolute Gasteiger partial charge is 0.0431 e. The summed E-state index contributed by atoms with van der Waals surface area (Å²) >= 11 is 0. The van der Waals surface area contributed by atoms with Crippen LogP contribution in [0.5, 0.6) is 0 Å². The first-order valence-corrected chi connectivity index (χ1v) is 5.63. The van der Waals surface area contributed by atoms with Gasteiger partial charge in [0.1, 0.15) is 0 Å². The van der Waals surface area contributed by atoms with Gasteiger partial charge in [0.2, 0.25) is 0 Å². The Labute approximate surface area is 98.7 Å². The lowest BCUT2D eigenvalue weighted by atomic mass is 10.0. The fourth-order valence-electron chi connectivity index (χ4n) is 1.69. The average molecular weight is 216 g/mol. The van der Waals surface area contributed by atoms with E-state index >= 15 is 0 Å². The molecule has 1 aromatic rings. The number of nitrogens with one attached hydrogen (secondary N) is 1. The van der Waals surface area contributed by atoms with Crippen molar-refractivity contribution in [2.45, 2.75) is 19.4 Å². The first-order chi connectivity index (χ1) is 7.69. The van der Waals surface area contributed by atoms with Crippen molar-refractivity contribution in [1.29, 1.82) is 0 Å². The highest BCUT2D eigenvalue weighted by atomic mass is 15.1. The zero-order chi connectivity index (χ0) is 12.0. The molecule has 0 aliphatic carbocycles. The molecule has 0 saturated carbocycles. The van der Waals surface area contributed by atoms with Gasteiger partial charge < -0.3 is 10.2 Å². The van der Waals surface area contributed by atoms with E-state index < -0.39 is 0 Å². The fourth-order valence-corrected chi connectivity index (χ4v) is 1.69. The largest absolute Gasteiger partial charge is 0.378 e. The first kappa shape index (κ1) is 12.6. The summed E-state index contributed by atoms with van der Waals surface area (Å²) in [7, 11) is 4.09. The highest BCUT2D eigenvalue weighted by Crippen LogP contribution is 2.21. The molecule has 0 fully saturated rings. The van der Waals surface area contributed by atoms with Crippen LogP contribution < -0.4 is 10.2 Å². The Balaban J connectivity index is 2.91. The van der Waals surface area contributed by atoms with Gasteiger partial charge in [-0.1, -0.05) is 19.1 Å². The molecule has 2 heteroatoms. The Morgan fingerprint density at radius 3 is 2.75 bits per heavy atom. The summed E-state index contributed by atoms with van der Waals surface area (Å²) in [5, 5.41) is 3.40. The molecule has 1 atom stereocenters. The summed E-state index contributed by atoms with van der Waals surface area (Å²) in [6, 6.07) is 8.74. The zero-order valence-corrected chi connectivity index (χ0v) is 10.3. The van der Waals surface area contributed by atoms with Gasteiger partial charge in [0, 0.05) is 32.2 Å². The van der Waals surface area contributed by atoms with Crippen LogP contribution in [0.2, 0.25) is 0 Å². The molecule has 1 N–H and O–H groups in total. The van der Waals surface area contributed by atoms with Crippen LogP contribution in [0.25, 0.3) is 0 Å². The zero-order valence-electron chi connectivity index (χ0n) is 10.3. The SMILES string of the molecule is C#CCC(NCC)c1cccc(N(C)C)c1. The van der Waals surface area contributed by atoms with Gasteiger partial charge in [-0.25, -0.2) is 0 Å². The highest BCUT2D eigenvalue weighted by molar-refractivity contribution is 5.48. The van der Waals surface area contributed by atoms with Gasteiger partial charge in [-0.15, -0.1) is 12.3 Å². The molecular weight excluding hydrogens is 196 g/mol. The molecule has 16 heavy (non-hydrogen) atoms. The van der Waals surface area contributed by atoms with Crippen molar-refractivity contribution in [2.75, 3.05) is 25.5 Å². The second kappa shape index (κ2) is 6.19. The minimum Gasteiger partial charge on any atom is -0.378 e. The van der Waals surface area contributed by atoms with E-state index in [0.717, 1.165) is 13.0 Å². The van der Waals surface area contributed by atoms with Gasteiger partial charge in [-0.2, -0.15) is 0 Å². The highest BCUT2D eigenvalue weighted by Gasteiger charge is 2.09. The third kappa shape index (κ3) is 3.29. The molecule has 0 spiro atoms. The van der Waals surface area contributed by atoms with Crippen molar-refractivity contribution < 1.29 is 0 Å². The second-order valence-electron chi connectivity index (χ2n) is 4.01. The number of terminal acetylenes is 1. The van der Waals surface area contributed by atoms with Crippen LogP contribution in [0.15, 0.2) is 24.3 Å². The van der Waals surface area contributed by atoms with Gasteiger partial charge in [0.15, 0.2) is 0 Å². The van der Waals surface area contributed by atoms with Crippen LogP contribution in [0, 0.1) is 12.3 Å². The summed E-state index contributed by atoms with van der Waals surface area (Å²) in [6.07, 6.45) is 6.12. The summed E-state index contributed by atoms with van der Waals surface area (Å²) in [5.74, 6) is 2.72. The molecule has 0 radical (unpaired) electrons. The average Bonchev–Trinajstić information content (AvgIpc) is 2.29.